The fourth-order valence-corrected chi connectivity index (χ4v) is 2.51. The van der Waals surface area contributed by atoms with Gasteiger partial charge in [-0.1, -0.05) is 37.5 Å². The van der Waals surface area contributed by atoms with Crippen LogP contribution in [0.15, 0.2) is 30.3 Å². The number of benzene rings is 1. The average Bonchev–Trinajstić information content (AvgIpc) is 2.40. The molecule has 0 amide bonds. The van der Waals surface area contributed by atoms with Crippen molar-refractivity contribution in [1.82, 2.24) is 4.98 Å². The molecule has 1 fully saturated rings. The van der Waals surface area contributed by atoms with Gasteiger partial charge in [-0.3, -0.25) is 0 Å². The zero-order chi connectivity index (χ0) is 13.1. The third kappa shape index (κ3) is 2.53. The second-order valence-electron chi connectivity index (χ2n) is 5.20. The largest absolute Gasteiger partial charge is 0.369 e. The maximum absolute atomic E-state index is 9.21. The first kappa shape index (κ1) is 12.0. The van der Waals surface area contributed by atoms with Crippen LogP contribution >= 0.6 is 0 Å². The van der Waals surface area contributed by atoms with E-state index in [1.165, 1.54) is 25.7 Å². The second kappa shape index (κ2) is 5.27. The molecule has 3 nitrogen and oxygen atoms in total. The first-order chi connectivity index (χ1) is 9.36. The molecule has 1 aromatic heterocycles. The first-order valence-corrected chi connectivity index (χ1v) is 6.90. The molecule has 0 bridgehead atoms. The zero-order valence-electron chi connectivity index (χ0n) is 10.9. The van der Waals surface area contributed by atoms with Gasteiger partial charge in [0, 0.05) is 11.9 Å². The molecule has 1 saturated carbocycles. The van der Waals surface area contributed by atoms with E-state index >= 15 is 0 Å². The highest BCUT2D eigenvalue weighted by Crippen LogP contribution is 2.29. The van der Waals surface area contributed by atoms with Crippen LogP contribution in [0.5, 0.6) is 0 Å². The summed E-state index contributed by atoms with van der Waals surface area (Å²) in [6, 6.07) is 12.0. The number of hydrogen-bond donors (Lipinski definition) is 1. The van der Waals surface area contributed by atoms with Gasteiger partial charge in [0.1, 0.15) is 11.9 Å². The molecule has 3 heteroatoms. The number of hydrogen-bond acceptors (Lipinski definition) is 3. The predicted octanol–water partition coefficient (Wildman–Crippen LogP) is 3.71. The fraction of sp³-hybridized carbons (Fsp3) is 0.375. The third-order valence-corrected chi connectivity index (χ3v) is 3.91. The van der Waals surface area contributed by atoms with Crippen molar-refractivity contribution in [2.45, 2.75) is 25.7 Å². The van der Waals surface area contributed by atoms with E-state index in [1.807, 2.05) is 30.3 Å². The molecular weight excluding hydrogens is 234 g/mol. The predicted molar refractivity (Wildman–Crippen MR) is 76.9 cm³/mol. The average molecular weight is 251 g/mol. The number of aromatic nitrogens is 1. The Morgan fingerprint density at radius 1 is 1.32 bits per heavy atom. The van der Waals surface area contributed by atoms with Crippen molar-refractivity contribution >= 4 is 16.7 Å². The molecule has 0 saturated heterocycles. The summed E-state index contributed by atoms with van der Waals surface area (Å²) in [5, 5.41) is 13.6. The SMILES string of the molecule is N#Cc1cc2ccccc2nc1NCCC1CCC1. The summed E-state index contributed by atoms with van der Waals surface area (Å²) in [5.41, 5.74) is 1.57. The molecule has 0 spiro atoms. The van der Waals surface area contributed by atoms with E-state index < -0.39 is 0 Å². The highest BCUT2D eigenvalue weighted by molar-refractivity contribution is 5.82. The van der Waals surface area contributed by atoms with Crippen LogP contribution in [0, 0.1) is 17.2 Å². The number of fused-ring (bicyclic) bond motifs is 1. The van der Waals surface area contributed by atoms with E-state index in [0.29, 0.717) is 5.56 Å². The summed E-state index contributed by atoms with van der Waals surface area (Å²) in [7, 11) is 0. The van der Waals surface area contributed by atoms with E-state index in [2.05, 4.69) is 16.4 Å². The molecule has 1 aliphatic carbocycles. The van der Waals surface area contributed by atoms with E-state index in [9.17, 15) is 5.26 Å². The van der Waals surface area contributed by atoms with Gasteiger partial charge in [0.05, 0.1) is 11.1 Å². The summed E-state index contributed by atoms with van der Waals surface area (Å²) in [4.78, 5) is 4.55. The Kier molecular flexibility index (Phi) is 3.33. The number of rotatable bonds is 4. The molecule has 0 atom stereocenters. The summed E-state index contributed by atoms with van der Waals surface area (Å²) < 4.78 is 0. The number of anilines is 1. The van der Waals surface area contributed by atoms with Crippen molar-refractivity contribution in [2.75, 3.05) is 11.9 Å². The van der Waals surface area contributed by atoms with Crippen LogP contribution < -0.4 is 5.32 Å². The molecule has 1 N–H and O–H groups in total. The van der Waals surface area contributed by atoms with Crippen molar-refractivity contribution < 1.29 is 0 Å². The van der Waals surface area contributed by atoms with Crippen LogP contribution in [0.25, 0.3) is 10.9 Å². The van der Waals surface area contributed by atoms with Crippen LogP contribution in [0.1, 0.15) is 31.2 Å². The first-order valence-electron chi connectivity index (χ1n) is 6.90. The number of para-hydroxylation sites is 1. The number of nitriles is 1. The molecule has 1 aliphatic rings. The van der Waals surface area contributed by atoms with E-state index in [0.717, 1.165) is 29.2 Å². The molecule has 3 rings (SSSR count). The number of pyridine rings is 1. The smallest absolute Gasteiger partial charge is 0.144 e. The lowest BCUT2D eigenvalue weighted by atomic mass is 9.83. The van der Waals surface area contributed by atoms with Gasteiger partial charge < -0.3 is 5.32 Å². The van der Waals surface area contributed by atoms with Gasteiger partial charge in [0.15, 0.2) is 0 Å². The van der Waals surface area contributed by atoms with Crippen LogP contribution in [0.2, 0.25) is 0 Å². The van der Waals surface area contributed by atoms with Gasteiger partial charge in [-0.2, -0.15) is 5.26 Å². The van der Waals surface area contributed by atoms with Crippen LogP contribution in [-0.2, 0) is 0 Å². The molecule has 0 unspecified atom stereocenters. The maximum Gasteiger partial charge on any atom is 0.144 e. The quantitative estimate of drug-likeness (QED) is 0.901. The Balaban J connectivity index is 1.78. The molecule has 1 aromatic carbocycles. The Morgan fingerprint density at radius 2 is 2.16 bits per heavy atom. The number of nitrogens with zero attached hydrogens (tertiary/aromatic N) is 2. The van der Waals surface area contributed by atoms with E-state index in [1.54, 1.807) is 0 Å². The summed E-state index contributed by atoms with van der Waals surface area (Å²) in [6.45, 7) is 0.907. The second-order valence-corrected chi connectivity index (χ2v) is 5.20. The van der Waals surface area contributed by atoms with Crippen molar-refractivity contribution in [2.24, 2.45) is 5.92 Å². The lowest BCUT2D eigenvalue weighted by molar-refractivity contribution is 0.303. The lowest BCUT2D eigenvalue weighted by Crippen LogP contribution is -2.16. The summed E-state index contributed by atoms with van der Waals surface area (Å²) in [5.74, 6) is 1.60. The van der Waals surface area contributed by atoms with Crippen molar-refractivity contribution in [3.05, 3.63) is 35.9 Å². The monoisotopic (exact) mass is 251 g/mol. The Morgan fingerprint density at radius 3 is 2.89 bits per heavy atom. The van der Waals surface area contributed by atoms with Crippen LogP contribution in [0.3, 0.4) is 0 Å². The Bertz CT molecular complexity index is 623. The van der Waals surface area contributed by atoms with Crippen LogP contribution in [-0.4, -0.2) is 11.5 Å². The molecule has 2 aromatic rings. The molecular formula is C16H17N3. The molecule has 0 aliphatic heterocycles. The minimum Gasteiger partial charge on any atom is -0.369 e. The van der Waals surface area contributed by atoms with Crippen molar-refractivity contribution in [3.63, 3.8) is 0 Å². The Hall–Kier alpha value is -2.08. The van der Waals surface area contributed by atoms with Crippen molar-refractivity contribution in [1.29, 1.82) is 5.26 Å². The molecule has 1 heterocycles. The van der Waals surface area contributed by atoms with Gasteiger partial charge in [-0.25, -0.2) is 4.98 Å². The maximum atomic E-state index is 9.21. The van der Waals surface area contributed by atoms with E-state index in [4.69, 9.17) is 0 Å². The molecule has 19 heavy (non-hydrogen) atoms. The molecule has 96 valence electrons. The van der Waals surface area contributed by atoms with Gasteiger partial charge in [0.25, 0.3) is 0 Å². The van der Waals surface area contributed by atoms with Gasteiger partial charge in [-0.05, 0) is 24.5 Å². The minimum atomic E-state index is 0.632. The molecule has 0 radical (unpaired) electrons. The van der Waals surface area contributed by atoms with E-state index in [-0.39, 0.29) is 0 Å². The lowest BCUT2D eigenvalue weighted by Gasteiger charge is -2.25. The zero-order valence-corrected chi connectivity index (χ0v) is 10.9. The minimum absolute atomic E-state index is 0.632. The summed E-state index contributed by atoms with van der Waals surface area (Å²) >= 11 is 0. The van der Waals surface area contributed by atoms with Crippen LogP contribution in [0.4, 0.5) is 5.82 Å². The van der Waals surface area contributed by atoms with Gasteiger partial charge >= 0.3 is 0 Å². The standard InChI is InChI=1S/C16H17N3/c17-11-14-10-13-6-1-2-7-15(13)19-16(14)18-9-8-12-4-3-5-12/h1-2,6-7,10,12H,3-5,8-9H2,(H,18,19). The van der Waals surface area contributed by atoms with Gasteiger partial charge in [-0.15, -0.1) is 0 Å². The Labute approximate surface area is 113 Å². The van der Waals surface area contributed by atoms with Crippen molar-refractivity contribution in [3.8, 4) is 6.07 Å². The van der Waals surface area contributed by atoms with Gasteiger partial charge in [0.2, 0.25) is 0 Å². The topological polar surface area (TPSA) is 48.7 Å². The highest BCUT2D eigenvalue weighted by atomic mass is 15.0. The normalized spacial score (nSPS) is 14.9. The highest BCUT2D eigenvalue weighted by Gasteiger charge is 2.16. The summed E-state index contributed by atoms with van der Waals surface area (Å²) in [6.07, 6.45) is 5.28. The fourth-order valence-electron chi connectivity index (χ4n) is 2.51. The number of nitrogens with one attached hydrogen (secondary N) is 1. The third-order valence-electron chi connectivity index (χ3n) is 3.91.